The lowest BCUT2D eigenvalue weighted by atomic mass is 9.86. The normalized spacial score (nSPS) is 16.3. The standard InChI is InChI=1S/C22H21N/c1-2-6-17-13-18(12-11-15(17)5-1)22-20-10-4-8-16-7-3-9-19(14-23-22)21(16)20/h4,8,10-14H,1-3,5-7,9H2. The molecular weight excluding hydrogens is 278 g/mol. The number of aryl methyl sites for hydroxylation is 4. The molecule has 0 fully saturated rings. The summed E-state index contributed by atoms with van der Waals surface area (Å²) in [4.78, 5) is 4.87. The summed E-state index contributed by atoms with van der Waals surface area (Å²) >= 11 is 0. The van der Waals surface area contributed by atoms with E-state index in [1.165, 1.54) is 83.7 Å². The highest BCUT2D eigenvalue weighted by molar-refractivity contribution is 5.98. The molecule has 1 aromatic heterocycles. The van der Waals surface area contributed by atoms with Crippen LogP contribution in [-0.2, 0) is 25.7 Å². The summed E-state index contributed by atoms with van der Waals surface area (Å²) in [7, 11) is 0. The van der Waals surface area contributed by atoms with E-state index < -0.39 is 0 Å². The van der Waals surface area contributed by atoms with Crippen molar-refractivity contribution in [2.75, 3.05) is 0 Å². The molecule has 0 atom stereocenters. The summed E-state index contributed by atoms with van der Waals surface area (Å²) in [5.41, 5.74) is 8.48. The van der Waals surface area contributed by atoms with Crippen LogP contribution in [0, 0.1) is 0 Å². The van der Waals surface area contributed by atoms with Crippen molar-refractivity contribution in [3.8, 4) is 11.3 Å². The van der Waals surface area contributed by atoms with Crippen molar-refractivity contribution in [2.45, 2.75) is 44.9 Å². The number of aromatic nitrogens is 1. The van der Waals surface area contributed by atoms with Crippen LogP contribution in [0.2, 0.25) is 0 Å². The lowest BCUT2D eigenvalue weighted by Gasteiger charge is -2.20. The Hall–Kier alpha value is -2.15. The first-order valence-electron chi connectivity index (χ1n) is 8.92. The van der Waals surface area contributed by atoms with E-state index in [-0.39, 0.29) is 0 Å². The molecule has 2 aliphatic carbocycles. The molecule has 114 valence electrons. The second kappa shape index (κ2) is 5.19. The first-order valence-corrected chi connectivity index (χ1v) is 8.92. The number of fused-ring (bicyclic) bond motifs is 1. The monoisotopic (exact) mass is 299 g/mol. The third-order valence-electron chi connectivity index (χ3n) is 5.59. The summed E-state index contributed by atoms with van der Waals surface area (Å²) < 4.78 is 0. The van der Waals surface area contributed by atoms with Gasteiger partial charge in [0, 0.05) is 17.1 Å². The van der Waals surface area contributed by atoms with Gasteiger partial charge in [-0.3, -0.25) is 4.98 Å². The maximum atomic E-state index is 4.87. The lowest BCUT2D eigenvalue weighted by molar-refractivity contribution is 0.686. The van der Waals surface area contributed by atoms with Gasteiger partial charge in [-0.25, -0.2) is 0 Å². The molecule has 5 rings (SSSR count). The zero-order valence-corrected chi connectivity index (χ0v) is 13.4. The number of hydrogen-bond acceptors (Lipinski definition) is 1. The molecule has 23 heavy (non-hydrogen) atoms. The van der Waals surface area contributed by atoms with Crippen LogP contribution in [0.5, 0.6) is 0 Å². The first kappa shape index (κ1) is 13.3. The van der Waals surface area contributed by atoms with Crippen LogP contribution in [-0.4, -0.2) is 4.98 Å². The Bertz CT molecular complexity index is 897. The molecule has 0 saturated carbocycles. The van der Waals surface area contributed by atoms with E-state index in [1.54, 1.807) is 5.56 Å². The average Bonchev–Trinajstić information content (AvgIpc) is 2.62. The summed E-state index contributed by atoms with van der Waals surface area (Å²) in [6.45, 7) is 0. The Labute approximate surface area is 137 Å². The molecule has 2 aromatic carbocycles. The Morgan fingerprint density at radius 2 is 1.52 bits per heavy atom. The largest absolute Gasteiger partial charge is 0.255 e. The molecule has 0 spiro atoms. The van der Waals surface area contributed by atoms with Gasteiger partial charge in [0.15, 0.2) is 0 Å². The molecule has 0 aliphatic heterocycles. The highest BCUT2D eigenvalue weighted by atomic mass is 14.7. The Balaban J connectivity index is 1.74. The third kappa shape index (κ3) is 2.10. The quantitative estimate of drug-likeness (QED) is 0.596. The number of rotatable bonds is 1. The lowest BCUT2D eigenvalue weighted by Crippen LogP contribution is -2.04. The summed E-state index contributed by atoms with van der Waals surface area (Å²) in [5.74, 6) is 0. The maximum Gasteiger partial charge on any atom is 0.0780 e. The fraction of sp³-hybridized carbons (Fsp3) is 0.318. The second-order valence-corrected chi connectivity index (χ2v) is 7.02. The van der Waals surface area contributed by atoms with Gasteiger partial charge in [0.1, 0.15) is 0 Å². The van der Waals surface area contributed by atoms with Crippen molar-refractivity contribution in [3.63, 3.8) is 0 Å². The molecule has 0 N–H and O–H groups in total. The molecular formula is C22H21N. The van der Waals surface area contributed by atoms with Crippen molar-refractivity contribution in [1.29, 1.82) is 0 Å². The number of pyridine rings is 1. The predicted molar refractivity (Wildman–Crippen MR) is 95.8 cm³/mol. The van der Waals surface area contributed by atoms with Gasteiger partial charge in [0.05, 0.1) is 5.69 Å². The fourth-order valence-corrected chi connectivity index (χ4v) is 4.43. The van der Waals surface area contributed by atoms with E-state index in [1.807, 2.05) is 0 Å². The van der Waals surface area contributed by atoms with E-state index >= 15 is 0 Å². The smallest absolute Gasteiger partial charge is 0.0780 e. The van der Waals surface area contributed by atoms with Crippen molar-refractivity contribution >= 4 is 10.8 Å². The van der Waals surface area contributed by atoms with Gasteiger partial charge in [0.2, 0.25) is 0 Å². The molecule has 1 nitrogen and oxygen atoms in total. The number of nitrogens with zero attached hydrogens (tertiary/aromatic N) is 1. The fourth-order valence-electron chi connectivity index (χ4n) is 4.43. The zero-order chi connectivity index (χ0) is 15.2. The topological polar surface area (TPSA) is 12.9 Å². The number of benzene rings is 2. The van der Waals surface area contributed by atoms with Gasteiger partial charge in [-0.1, -0.05) is 30.3 Å². The van der Waals surface area contributed by atoms with Crippen LogP contribution in [0.25, 0.3) is 22.0 Å². The summed E-state index contributed by atoms with van der Waals surface area (Å²) in [6.07, 6.45) is 10.9. The van der Waals surface area contributed by atoms with Crippen molar-refractivity contribution in [3.05, 3.63) is 64.8 Å². The van der Waals surface area contributed by atoms with E-state index in [0.29, 0.717) is 0 Å². The molecule has 1 heterocycles. The third-order valence-corrected chi connectivity index (χ3v) is 5.59. The first-order chi connectivity index (χ1) is 11.4. The molecule has 0 amide bonds. The van der Waals surface area contributed by atoms with Crippen molar-refractivity contribution in [2.24, 2.45) is 0 Å². The van der Waals surface area contributed by atoms with Crippen LogP contribution >= 0.6 is 0 Å². The second-order valence-electron chi connectivity index (χ2n) is 7.02. The summed E-state index contributed by atoms with van der Waals surface area (Å²) in [6, 6.07) is 13.8. The van der Waals surface area contributed by atoms with E-state index in [9.17, 15) is 0 Å². The van der Waals surface area contributed by atoms with Gasteiger partial charge in [-0.05, 0) is 78.7 Å². The molecule has 2 aliphatic rings. The predicted octanol–water partition coefficient (Wildman–Crippen LogP) is 5.27. The van der Waals surface area contributed by atoms with E-state index in [4.69, 9.17) is 4.98 Å². The van der Waals surface area contributed by atoms with E-state index in [2.05, 4.69) is 42.6 Å². The highest BCUT2D eigenvalue weighted by Crippen LogP contribution is 2.35. The molecule has 0 radical (unpaired) electrons. The molecule has 1 heteroatoms. The van der Waals surface area contributed by atoms with Gasteiger partial charge in [0.25, 0.3) is 0 Å². The molecule has 0 saturated heterocycles. The van der Waals surface area contributed by atoms with Crippen molar-refractivity contribution in [1.82, 2.24) is 4.98 Å². The molecule has 0 bridgehead atoms. The van der Waals surface area contributed by atoms with Crippen LogP contribution in [0.3, 0.4) is 0 Å². The number of hydrogen-bond donors (Lipinski definition) is 0. The molecule has 3 aromatic rings. The molecule has 0 unspecified atom stereocenters. The maximum absolute atomic E-state index is 4.87. The van der Waals surface area contributed by atoms with E-state index in [0.717, 1.165) is 0 Å². The average molecular weight is 299 g/mol. The SMILES string of the molecule is c1cc2c3c(cnc(-c4ccc5c(c4)CCCC5)c3c1)CCC2. The van der Waals surface area contributed by atoms with Crippen molar-refractivity contribution < 1.29 is 0 Å². The Morgan fingerprint density at radius 1 is 0.696 bits per heavy atom. The summed E-state index contributed by atoms with van der Waals surface area (Å²) in [5, 5.41) is 2.82. The van der Waals surface area contributed by atoms with Crippen LogP contribution in [0.4, 0.5) is 0 Å². The van der Waals surface area contributed by atoms with Gasteiger partial charge in [-0.15, -0.1) is 0 Å². The van der Waals surface area contributed by atoms with Gasteiger partial charge < -0.3 is 0 Å². The van der Waals surface area contributed by atoms with Gasteiger partial charge in [-0.2, -0.15) is 0 Å². The van der Waals surface area contributed by atoms with Crippen LogP contribution < -0.4 is 0 Å². The Morgan fingerprint density at radius 3 is 2.48 bits per heavy atom. The van der Waals surface area contributed by atoms with Crippen LogP contribution in [0.1, 0.15) is 41.5 Å². The minimum Gasteiger partial charge on any atom is -0.255 e. The minimum absolute atomic E-state index is 1.17. The Kier molecular flexibility index (Phi) is 3.00. The minimum atomic E-state index is 1.17. The highest BCUT2D eigenvalue weighted by Gasteiger charge is 2.17. The van der Waals surface area contributed by atoms with Gasteiger partial charge >= 0.3 is 0 Å². The zero-order valence-electron chi connectivity index (χ0n) is 13.4. The van der Waals surface area contributed by atoms with Crippen LogP contribution in [0.15, 0.2) is 42.6 Å².